The van der Waals surface area contributed by atoms with Crippen molar-refractivity contribution in [2.24, 2.45) is 5.73 Å². The van der Waals surface area contributed by atoms with Gasteiger partial charge >= 0.3 is 0 Å². The second kappa shape index (κ2) is 11.3. The van der Waals surface area contributed by atoms with Crippen LogP contribution in [0.2, 0.25) is 0 Å². The van der Waals surface area contributed by atoms with E-state index >= 15 is 0 Å². The predicted octanol–water partition coefficient (Wildman–Crippen LogP) is 3.11. The average molecular weight is 539 g/mol. The summed E-state index contributed by atoms with van der Waals surface area (Å²) in [6, 6.07) is 16.8. The largest absolute Gasteiger partial charge is 0.494 e. The maximum Gasteiger partial charge on any atom is 0.264 e. The molecular weight excluding hydrogens is 511 g/mol. The molecule has 198 valence electrons. The lowest BCUT2D eigenvalue weighted by molar-refractivity contribution is -0.126. The summed E-state index contributed by atoms with van der Waals surface area (Å²) in [6.07, 6.45) is 1.83. The Hall–Kier alpha value is -4.38. The Bertz CT molecular complexity index is 1540. The van der Waals surface area contributed by atoms with Gasteiger partial charge < -0.3 is 20.8 Å². The van der Waals surface area contributed by atoms with E-state index in [0.717, 1.165) is 32.9 Å². The zero-order valence-corrected chi connectivity index (χ0v) is 21.4. The summed E-state index contributed by atoms with van der Waals surface area (Å²) in [5.74, 6) is -1.61. The second-order valence-corrected chi connectivity index (χ2v) is 10.3. The number of nitrogens with one attached hydrogen (secondary N) is 2. The Labute approximate surface area is 219 Å². The Kier molecular flexibility index (Phi) is 7.96. The number of rotatable bonds is 11. The van der Waals surface area contributed by atoms with Crippen LogP contribution >= 0.6 is 0 Å². The number of nitrogens with zero attached hydrogens (tertiary/aromatic N) is 1. The molecule has 9 nitrogen and oxygen atoms in total. The third-order valence-corrected chi connectivity index (χ3v) is 7.69. The van der Waals surface area contributed by atoms with Gasteiger partial charge in [0.1, 0.15) is 24.2 Å². The molecule has 38 heavy (non-hydrogen) atoms. The molecule has 2 amide bonds. The highest BCUT2D eigenvalue weighted by Gasteiger charge is 2.29. The number of hydrogen-bond acceptors (Lipinski definition) is 5. The molecule has 4 rings (SSSR count). The first-order valence-corrected chi connectivity index (χ1v) is 13.3. The summed E-state index contributed by atoms with van der Waals surface area (Å²) in [5.41, 5.74) is 7.27. The normalized spacial score (nSPS) is 12.2. The second-order valence-electron chi connectivity index (χ2n) is 8.48. The third-order valence-electron chi connectivity index (χ3n) is 5.90. The Morgan fingerprint density at radius 2 is 1.74 bits per heavy atom. The van der Waals surface area contributed by atoms with Gasteiger partial charge in [-0.25, -0.2) is 12.8 Å². The summed E-state index contributed by atoms with van der Waals surface area (Å²) in [5, 5.41) is 3.43. The van der Waals surface area contributed by atoms with Gasteiger partial charge in [0.05, 0.1) is 17.2 Å². The molecule has 1 atom stereocenters. The van der Waals surface area contributed by atoms with E-state index in [0.29, 0.717) is 12.4 Å². The highest BCUT2D eigenvalue weighted by Crippen LogP contribution is 2.26. The Morgan fingerprint density at radius 3 is 2.39 bits per heavy atom. The zero-order chi connectivity index (χ0) is 27.3. The number of nitrogens with two attached hydrogens (primary N) is 1. The first-order valence-electron chi connectivity index (χ1n) is 11.8. The van der Waals surface area contributed by atoms with Gasteiger partial charge in [0.2, 0.25) is 11.8 Å². The van der Waals surface area contributed by atoms with E-state index in [9.17, 15) is 22.4 Å². The number of fused-ring (bicyclic) bond motifs is 1. The van der Waals surface area contributed by atoms with Crippen LogP contribution in [0.1, 0.15) is 12.5 Å². The van der Waals surface area contributed by atoms with Crippen molar-refractivity contribution < 1.29 is 27.1 Å². The predicted molar refractivity (Wildman–Crippen MR) is 142 cm³/mol. The average Bonchev–Trinajstić information content (AvgIpc) is 3.31. The highest BCUT2D eigenvalue weighted by molar-refractivity contribution is 7.92. The molecule has 0 aliphatic rings. The van der Waals surface area contributed by atoms with Crippen LogP contribution in [0.5, 0.6) is 5.75 Å². The van der Waals surface area contributed by atoms with Gasteiger partial charge in [-0.1, -0.05) is 18.2 Å². The van der Waals surface area contributed by atoms with Crippen molar-refractivity contribution in [1.29, 1.82) is 0 Å². The smallest absolute Gasteiger partial charge is 0.264 e. The molecule has 11 heteroatoms. The minimum absolute atomic E-state index is 0.0719. The fraction of sp³-hybridized carbons (Fsp3) is 0.185. The van der Waals surface area contributed by atoms with Crippen LogP contribution in [0.4, 0.5) is 10.1 Å². The number of H-pyrrole nitrogens is 1. The van der Waals surface area contributed by atoms with Crippen molar-refractivity contribution in [1.82, 2.24) is 10.3 Å². The number of hydrogen-bond donors (Lipinski definition) is 3. The lowest BCUT2D eigenvalue weighted by Crippen LogP contribution is -2.50. The van der Waals surface area contributed by atoms with Crippen molar-refractivity contribution in [3.05, 3.63) is 90.4 Å². The van der Waals surface area contributed by atoms with Crippen LogP contribution in [0.15, 0.2) is 83.9 Å². The van der Waals surface area contributed by atoms with Crippen molar-refractivity contribution in [2.45, 2.75) is 24.3 Å². The third kappa shape index (κ3) is 5.94. The fourth-order valence-electron chi connectivity index (χ4n) is 4.04. The van der Waals surface area contributed by atoms with Crippen molar-refractivity contribution in [2.75, 3.05) is 17.5 Å². The highest BCUT2D eigenvalue weighted by atomic mass is 32.2. The summed E-state index contributed by atoms with van der Waals surface area (Å²) in [7, 11) is -4.26. The quantitative estimate of drug-likeness (QED) is 0.270. The number of anilines is 1. The van der Waals surface area contributed by atoms with Crippen LogP contribution in [-0.4, -0.2) is 44.4 Å². The van der Waals surface area contributed by atoms with E-state index in [-0.39, 0.29) is 17.0 Å². The summed E-state index contributed by atoms with van der Waals surface area (Å²) in [6.45, 7) is 1.55. The van der Waals surface area contributed by atoms with Gasteiger partial charge in [0.15, 0.2) is 0 Å². The molecule has 0 fully saturated rings. The fourth-order valence-corrected chi connectivity index (χ4v) is 5.46. The molecule has 1 unspecified atom stereocenters. The van der Waals surface area contributed by atoms with E-state index in [1.165, 1.54) is 36.4 Å². The SMILES string of the molecule is CCOc1ccc(S(=O)(=O)N(CC(=O)NC(Cc2c[nH]c3ccccc23)C(N)=O)c2ccc(F)cc2)cc1. The number of aromatic nitrogens is 1. The molecule has 1 aromatic heterocycles. The van der Waals surface area contributed by atoms with Gasteiger partial charge in [-0.3, -0.25) is 13.9 Å². The van der Waals surface area contributed by atoms with E-state index in [1.54, 1.807) is 13.1 Å². The van der Waals surface area contributed by atoms with Gasteiger partial charge in [-0.15, -0.1) is 0 Å². The first kappa shape index (κ1) is 26.7. The topological polar surface area (TPSA) is 135 Å². The zero-order valence-electron chi connectivity index (χ0n) is 20.6. The molecule has 0 saturated carbocycles. The minimum Gasteiger partial charge on any atom is -0.494 e. The summed E-state index contributed by atoms with van der Waals surface area (Å²) in [4.78, 5) is 28.3. The first-order chi connectivity index (χ1) is 18.2. The van der Waals surface area contributed by atoms with Crippen LogP contribution in [0.25, 0.3) is 10.9 Å². The molecule has 0 saturated heterocycles. The number of sulfonamides is 1. The molecule has 1 heterocycles. The minimum atomic E-state index is -4.26. The lowest BCUT2D eigenvalue weighted by atomic mass is 10.0. The maximum absolute atomic E-state index is 13.6. The lowest BCUT2D eigenvalue weighted by Gasteiger charge is -2.25. The standard InChI is InChI=1S/C27H27FN4O5S/c1-2-37-21-11-13-22(14-12-21)38(35,36)32(20-9-7-19(28)8-10-20)17-26(33)31-25(27(29)34)15-18-16-30-24-6-4-3-5-23(18)24/h3-14,16,25,30H,2,15,17H2,1H3,(H2,29,34)(H,31,33). The number of para-hydroxylation sites is 1. The molecule has 0 spiro atoms. The number of ether oxygens (including phenoxy) is 1. The number of primary amides is 1. The molecule has 4 aromatic rings. The van der Waals surface area contributed by atoms with Crippen LogP contribution in [0.3, 0.4) is 0 Å². The Balaban J connectivity index is 1.59. The molecule has 0 aliphatic heterocycles. The number of aromatic amines is 1. The number of carbonyl (C=O) groups is 2. The van der Waals surface area contributed by atoms with Gasteiger partial charge in [0, 0.05) is 23.5 Å². The van der Waals surface area contributed by atoms with E-state index in [4.69, 9.17) is 10.5 Å². The van der Waals surface area contributed by atoms with Crippen LogP contribution in [0, 0.1) is 5.82 Å². The number of carbonyl (C=O) groups excluding carboxylic acids is 2. The van der Waals surface area contributed by atoms with Crippen molar-refractivity contribution in [3.63, 3.8) is 0 Å². The van der Waals surface area contributed by atoms with Gasteiger partial charge in [-0.05, 0) is 67.1 Å². The van der Waals surface area contributed by atoms with Crippen LogP contribution in [-0.2, 0) is 26.0 Å². The maximum atomic E-state index is 13.6. The van der Waals surface area contributed by atoms with E-state index in [2.05, 4.69) is 10.3 Å². The Morgan fingerprint density at radius 1 is 1.05 bits per heavy atom. The van der Waals surface area contributed by atoms with Gasteiger partial charge in [-0.2, -0.15) is 0 Å². The van der Waals surface area contributed by atoms with E-state index in [1.807, 2.05) is 24.3 Å². The van der Waals surface area contributed by atoms with E-state index < -0.39 is 40.2 Å². The number of halogens is 1. The molecule has 3 aromatic carbocycles. The monoisotopic (exact) mass is 538 g/mol. The molecular formula is C27H27FN4O5S. The summed E-state index contributed by atoms with van der Waals surface area (Å²) < 4.78 is 46.9. The number of benzene rings is 3. The van der Waals surface area contributed by atoms with Crippen LogP contribution < -0.4 is 20.1 Å². The van der Waals surface area contributed by atoms with Crippen molar-refractivity contribution in [3.8, 4) is 5.75 Å². The molecule has 0 aliphatic carbocycles. The molecule has 0 bridgehead atoms. The molecule has 0 radical (unpaired) electrons. The van der Waals surface area contributed by atoms with Gasteiger partial charge in [0.25, 0.3) is 10.0 Å². The number of amides is 2. The van der Waals surface area contributed by atoms with Crippen molar-refractivity contribution >= 4 is 38.4 Å². The summed E-state index contributed by atoms with van der Waals surface area (Å²) >= 11 is 0. The molecule has 4 N–H and O–H groups in total.